The first-order chi connectivity index (χ1) is 16.9. The third-order valence-electron chi connectivity index (χ3n) is 6.03. The van der Waals surface area contributed by atoms with Gasteiger partial charge in [-0.3, -0.25) is 4.31 Å². The summed E-state index contributed by atoms with van der Waals surface area (Å²) < 4.78 is 55.6. The zero-order chi connectivity index (χ0) is 24.7. The van der Waals surface area contributed by atoms with Crippen molar-refractivity contribution in [2.45, 2.75) is 12.5 Å². The van der Waals surface area contributed by atoms with Gasteiger partial charge < -0.3 is 15.2 Å². The van der Waals surface area contributed by atoms with Gasteiger partial charge >= 0.3 is 0 Å². The summed E-state index contributed by atoms with van der Waals surface area (Å²) in [5.41, 5.74) is 7.46. The van der Waals surface area contributed by atoms with Crippen molar-refractivity contribution < 1.29 is 22.3 Å². The molecule has 1 atom stereocenters. The highest BCUT2D eigenvalue weighted by atomic mass is 32.2. The van der Waals surface area contributed by atoms with Crippen LogP contribution in [-0.4, -0.2) is 15.5 Å². The maximum atomic E-state index is 15.0. The molecular weight excluding hydrogens is 469 g/mol. The summed E-state index contributed by atoms with van der Waals surface area (Å²) >= 11 is 0. The quantitative estimate of drug-likeness (QED) is 0.584. The van der Waals surface area contributed by atoms with Crippen LogP contribution in [0.15, 0.2) is 89.2 Å². The molecule has 2 N–H and O–H groups in total. The Labute approximate surface area is 202 Å². The van der Waals surface area contributed by atoms with Gasteiger partial charge in [0.1, 0.15) is 28.1 Å². The number of anilines is 1. The molecule has 3 aromatic rings. The van der Waals surface area contributed by atoms with E-state index in [0.717, 1.165) is 0 Å². The fourth-order valence-electron chi connectivity index (χ4n) is 4.44. The molecule has 0 saturated carbocycles. The van der Waals surface area contributed by atoms with E-state index in [1.165, 1.54) is 29.6 Å². The first kappa shape index (κ1) is 22.5. The number of nitriles is 1. The van der Waals surface area contributed by atoms with Crippen LogP contribution in [0.1, 0.15) is 22.6 Å². The lowest BCUT2D eigenvalue weighted by Crippen LogP contribution is -2.39. The maximum absolute atomic E-state index is 15.0. The van der Waals surface area contributed by atoms with Crippen LogP contribution in [-0.2, 0) is 21.3 Å². The van der Waals surface area contributed by atoms with Gasteiger partial charge in [0.15, 0.2) is 5.76 Å². The van der Waals surface area contributed by atoms with Crippen LogP contribution in [0.4, 0.5) is 10.1 Å². The Morgan fingerprint density at radius 2 is 1.86 bits per heavy atom. The Bertz CT molecular complexity index is 1560. The second-order valence-corrected chi connectivity index (χ2v) is 9.85. The van der Waals surface area contributed by atoms with E-state index in [1.54, 1.807) is 54.6 Å². The topological polar surface area (TPSA) is 106 Å². The van der Waals surface area contributed by atoms with Gasteiger partial charge in [0, 0.05) is 11.1 Å². The van der Waals surface area contributed by atoms with Gasteiger partial charge in [0.2, 0.25) is 5.88 Å². The molecule has 0 unspecified atom stereocenters. The molecule has 0 bridgehead atoms. The minimum absolute atomic E-state index is 0.00718. The van der Waals surface area contributed by atoms with E-state index in [4.69, 9.17) is 15.2 Å². The van der Waals surface area contributed by atoms with Crippen molar-refractivity contribution in [1.29, 1.82) is 5.26 Å². The first-order valence-electron chi connectivity index (χ1n) is 10.7. The van der Waals surface area contributed by atoms with Gasteiger partial charge in [-0.2, -0.15) is 5.26 Å². The van der Waals surface area contributed by atoms with Gasteiger partial charge in [-0.25, -0.2) is 12.8 Å². The molecule has 0 amide bonds. The summed E-state index contributed by atoms with van der Waals surface area (Å²) in [4.78, 5) is -0.227. The number of halogens is 1. The van der Waals surface area contributed by atoms with E-state index in [-0.39, 0.29) is 34.2 Å². The minimum Gasteiger partial charge on any atom is -0.497 e. The molecule has 0 aromatic heterocycles. The lowest BCUT2D eigenvalue weighted by Gasteiger charge is -2.38. The summed E-state index contributed by atoms with van der Waals surface area (Å²) in [7, 11) is -2.77. The normalized spacial score (nSPS) is 18.3. The number of fused-ring (bicyclic) bond motifs is 2. The van der Waals surface area contributed by atoms with Crippen LogP contribution < -0.4 is 14.8 Å². The highest BCUT2D eigenvalue weighted by Gasteiger charge is 2.47. The number of hydrogen-bond acceptors (Lipinski definition) is 6. The number of hydrogen-bond donors (Lipinski definition) is 1. The fraction of sp³-hybridized carbons (Fsp3) is 0.115. The standard InChI is InChI=1S/C26H20FN3O4S/c1-33-17-8-6-7-16(13-17)15-30-22-12-5-3-10-19(22)24-25(35(30,31)32)23(20(14-28)26(29)34-24)18-9-2-4-11-21(18)27/h2-13,23H,15,29H2,1H3/t23-/m1/s1. The number of rotatable bonds is 4. The summed E-state index contributed by atoms with van der Waals surface area (Å²) in [5, 5.41) is 9.86. The molecule has 3 aromatic carbocycles. The maximum Gasteiger partial charge on any atom is 0.265 e. The Kier molecular flexibility index (Phi) is 5.46. The average Bonchev–Trinajstić information content (AvgIpc) is 2.86. The Morgan fingerprint density at radius 1 is 1.11 bits per heavy atom. The number of ether oxygens (including phenoxy) is 2. The largest absolute Gasteiger partial charge is 0.497 e. The van der Waals surface area contributed by atoms with Crippen molar-refractivity contribution in [3.8, 4) is 11.8 Å². The van der Waals surface area contributed by atoms with E-state index in [9.17, 15) is 18.1 Å². The monoisotopic (exact) mass is 489 g/mol. The minimum atomic E-state index is -4.30. The van der Waals surface area contributed by atoms with Crippen LogP contribution >= 0.6 is 0 Å². The van der Waals surface area contributed by atoms with Crippen LogP contribution in [0.2, 0.25) is 0 Å². The number of nitrogens with zero attached hydrogens (tertiary/aromatic N) is 2. The number of allylic oxidation sites excluding steroid dienone is 2. The van der Waals surface area contributed by atoms with Crippen molar-refractivity contribution in [3.63, 3.8) is 0 Å². The molecule has 35 heavy (non-hydrogen) atoms. The van der Waals surface area contributed by atoms with E-state index in [2.05, 4.69) is 0 Å². The number of methoxy groups -OCH3 is 1. The zero-order valence-corrected chi connectivity index (χ0v) is 19.4. The van der Waals surface area contributed by atoms with E-state index in [1.807, 2.05) is 6.07 Å². The molecule has 0 radical (unpaired) electrons. The van der Waals surface area contributed by atoms with E-state index in [0.29, 0.717) is 22.6 Å². The van der Waals surface area contributed by atoms with Crippen molar-refractivity contribution in [2.24, 2.45) is 5.73 Å². The first-order valence-corrected chi connectivity index (χ1v) is 12.1. The molecule has 0 spiro atoms. The molecule has 2 aliphatic rings. The summed E-state index contributed by atoms with van der Waals surface area (Å²) in [6.07, 6.45) is 0. The average molecular weight is 490 g/mol. The van der Waals surface area contributed by atoms with Gasteiger partial charge in [0.05, 0.1) is 25.3 Å². The smallest absolute Gasteiger partial charge is 0.265 e. The van der Waals surface area contributed by atoms with Crippen LogP contribution in [0.5, 0.6) is 5.75 Å². The Morgan fingerprint density at radius 3 is 2.60 bits per heavy atom. The van der Waals surface area contributed by atoms with Crippen molar-refractivity contribution in [3.05, 3.63) is 112 Å². The molecule has 176 valence electrons. The van der Waals surface area contributed by atoms with Crippen molar-refractivity contribution >= 4 is 21.5 Å². The van der Waals surface area contributed by atoms with Crippen molar-refractivity contribution in [2.75, 3.05) is 11.4 Å². The Balaban J connectivity index is 1.76. The van der Waals surface area contributed by atoms with Crippen LogP contribution in [0, 0.1) is 17.1 Å². The summed E-state index contributed by atoms with van der Waals surface area (Å²) in [5.74, 6) is -1.60. The van der Waals surface area contributed by atoms with Crippen molar-refractivity contribution in [1.82, 2.24) is 0 Å². The molecule has 0 fully saturated rings. The summed E-state index contributed by atoms with van der Waals surface area (Å²) in [6.45, 7) is -0.0155. The predicted octanol–water partition coefficient (Wildman–Crippen LogP) is 4.36. The molecule has 2 aliphatic heterocycles. The summed E-state index contributed by atoms with van der Waals surface area (Å²) in [6, 6.07) is 21.6. The van der Waals surface area contributed by atoms with E-state index >= 15 is 0 Å². The molecular formula is C26H20FN3O4S. The second-order valence-electron chi connectivity index (χ2n) is 8.02. The lowest BCUT2D eigenvalue weighted by molar-refractivity contribution is 0.357. The third-order valence-corrected chi connectivity index (χ3v) is 7.92. The highest BCUT2D eigenvalue weighted by molar-refractivity contribution is 7.96. The molecule has 7 nitrogen and oxygen atoms in total. The van der Waals surface area contributed by atoms with Gasteiger partial charge in [-0.05, 0) is 35.9 Å². The lowest BCUT2D eigenvalue weighted by atomic mass is 9.88. The van der Waals surface area contributed by atoms with Gasteiger partial charge in [-0.1, -0.05) is 42.5 Å². The fourth-order valence-corrected chi connectivity index (χ4v) is 6.34. The van der Waals surface area contributed by atoms with E-state index < -0.39 is 21.8 Å². The molecule has 0 aliphatic carbocycles. The highest BCUT2D eigenvalue weighted by Crippen LogP contribution is 2.51. The Hall–Kier alpha value is -4.29. The van der Waals surface area contributed by atoms with Crippen LogP contribution in [0.25, 0.3) is 5.76 Å². The second kappa shape index (κ2) is 8.49. The number of benzene rings is 3. The third kappa shape index (κ3) is 3.59. The molecule has 2 heterocycles. The van der Waals surface area contributed by atoms with Gasteiger partial charge in [-0.15, -0.1) is 0 Å². The van der Waals surface area contributed by atoms with Crippen LogP contribution in [0.3, 0.4) is 0 Å². The predicted molar refractivity (Wildman–Crippen MR) is 129 cm³/mol. The zero-order valence-electron chi connectivity index (χ0n) is 18.6. The van der Waals surface area contributed by atoms with Gasteiger partial charge in [0.25, 0.3) is 10.0 Å². The number of nitrogens with two attached hydrogens (primary N) is 1. The SMILES string of the molecule is COc1cccc(CN2c3ccccc3C3=C([C@H](c4ccccc4F)C(C#N)=C(N)O3)S2(=O)=O)c1. The molecule has 5 rings (SSSR count). The molecule has 9 heteroatoms. The number of para-hydroxylation sites is 1. The number of sulfonamides is 1. The molecule has 0 saturated heterocycles.